The Morgan fingerprint density at radius 3 is 1.52 bits per heavy atom. The molecule has 3 aliphatic heterocycles. The molecule has 3 heterocycles. The van der Waals surface area contributed by atoms with Crippen molar-refractivity contribution in [2.45, 2.75) is 48.3 Å². The van der Waals surface area contributed by atoms with Gasteiger partial charge in [0.1, 0.15) is 11.5 Å². The molecule has 0 atom stereocenters. The first kappa shape index (κ1) is 22.7. The minimum atomic E-state index is -3.50. The highest BCUT2D eigenvalue weighted by molar-refractivity contribution is 7.92. The van der Waals surface area contributed by atoms with Crippen LogP contribution >= 0.6 is 0 Å². The van der Waals surface area contributed by atoms with Crippen LogP contribution in [0.25, 0.3) is 11.1 Å². The monoisotopic (exact) mass is 470 g/mol. The Kier molecular flexibility index (Phi) is 6.90. The summed E-state index contributed by atoms with van der Waals surface area (Å²) in [6.45, 7) is 8.14. The molecule has 7 heteroatoms. The van der Waals surface area contributed by atoms with Gasteiger partial charge >= 0.3 is 0 Å². The smallest absolute Gasteiger partial charge is 0.207 e. The van der Waals surface area contributed by atoms with E-state index in [2.05, 4.69) is 9.80 Å². The van der Waals surface area contributed by atoms with Crippen molar-refractivity contribution >= 4 is 9.84 Å². The third-order valence-corrected chi connectivity index (χ3v) is 8.81. The van der Waals surface area contributed by atoms with Crippen molar-refractivity contribution in [1.82, 2.24) is 9.80 Å². The lowest BCUT2D eigenvalue weighted by Crippen LogP contribution is -2.21. The Morgan fingerprint density at radius 2 is 1.09 bits per heavy atom. The van der Waals surface area contributed by atoms with Crippen molar-refractivity contribution in [3.05, 3.63) is 36.4 Å². The van der Waals surface area contributed by atoms with Crippen molar-refractivity contribution in [3.63, 3.8) is 0 Å². The number of fused-ring (bicyclic) bond motifs is 3. The van der Waals surface area contributed by atoms with Crippen molar-refractivity contribution in [2.24, 2.45) is 0 Å². The van der Waals surface area contributed by atoms with Crippen LogP contribution in [-0.4, -0.2) is 70.7 Å². The summed E-state index contributed by atoms with van der Waals surface area (Å²) in [5.74, 6) is 1.44. The van der Waals surface area contributed by atoms with E-state index in [4.69, 9.17) is 9.47 Å². The van der Waals surface area contributed by atoms with Gasteiger partial charge in [0.05, 0.1) is 23.0 Å². The molecular formula is C26H34N2O4S. The van der Waals surface area contributed by atoms with E-state index in [0.29, 0.717) is 34.1 Å². The molecule has 0 aromatic heterocycles. The predicted molar refractivity (Wildman–Crippen MR) is 129 cm³/mol. The maximum atomic E-state index is 13.0. The lowest BCUT2D eigenvalue weighted by atomic mass is 10.1. The van der Waals surface area contributed by atoms with E-state index in [1.165, 1.54) is 51.9 Å². The molecule has 0 saturated carbocycles. The second-order valence-electron chi connectivity index (χ2n) is 9.32. The van der Waals surface area contributed by atoms with Crippen LogP contribution in [0.4, 0.5) is 0 Å². The quantitative estimate of drug-likeness (QED) is 0.413. The van der Waals surface area contributed by atoms with Gasteiger partial charge < -0.3 is 19.3 Å². The van der Waals surface area contributed by atoms with E-state index in [1.807, 2.05) is 12.1 Å². The second kappa shape index (κ2) is 10.0. The van der Waals surface area contributed by atoms with Crippen molar-refractivity contribution < 1.29 is 17.9 Å². The normalized spacial score (nSPS) is 19.5. The van der Waals surface area contributed by atoms with Crippen LogP contribution in [0.2, 0.25) is 0 Å². The van der Waals surface area contributed by atoms with Crippen LogP contribution in [0.15, 0.2) is 46.2 Å². The zero-order valence-electron chi connectivity index (χ0n) is 19.3. The summed E-state index contributed by atoms with van der Waals surface area (Å²) in [5, 5.41) is 0. The zero-order valence-corrected chi connectivity index (χ0v) is 20.1. The highest BCUT2D eigenvalue weighted by atomic mass is 32.2. The molecule has 178 valence electrons. The summed E-state index contributed by atoms with van der Waals surface area (Å²) in [6, 6.07) is 10.6. The van der Waals surface area contributed by atoms with E-state index in [-0.39, 0.29) is 0 Å². The number of rotatable bonds is 10. The first-order valence-corrected chi connectivity index (χ1v) is 13.8. The van der Waals surface area contributed by atoms with Gasteiger partial charge in [-0.15, -0.1) is 0 Å². The molecule has 0 amide bonds. The van der Waals surface area contributed by atoms with Crippen LogP contribution in [0.1, 0.15) is 38.5 Å². The maximum Gasteiger partial charge on any atom is 0.207 e. The minimum Gasteiger partial charge on any atom is -0.494 e. The van der Waals surface area contributed by atoms with Gasteiger partial charge in [0, 0.05) is 24.2 Å². The first-order chi connectivity index (χ1) is 16.1. The Bertz CT molecular complexity index is 994. The summed E-state index contributed by atoms with van der Waals surface area (Å²) in [6.07, 6.45) is 7.13. The van der Waals surface area contributed by atoms with E-state index < -0.39 is 9.84 Å². The molecule has 33 heavy (non-hydrogen) atoms. The molecule has 0 aliphatic carbocycles. The second-order valence-corrected chi connectivity index (χ2v) is 11.2. The third kappa shape index (κ3) is 5.05. The Balaban J connectivity index is 1.23. The Morgan fingerprint density at radius 1 is 0.667 bits per heavy atom. The molecule has 0 unspecified atom stereocenters. The number of nitrogens with zero attached hydrogens (tertiary/aromatic N) is 2. The van der Waals surface area contributed by atoms with E-state index >= 15 is 0 Å². The highest BCUT2D eigenvalue weighted by Gasteiger charge is 2.33. The van der Waals surface area contributed by atoms with Gasteiger partial charge in [-0.3, -0.25) is 0 Å². The van der Waals surface area contributed by atoms with Crippen molar-refractivity contribution in [1.29, 1.82) is 0 Å². The van der Waals surface area contributed by atoms with Crippen LogP contribution in [0.3, 0.4) is 0 Å². The van der Waals surface area contributed by atoms with Gasteiger partial charge in [-0.2, -0.15) is 0 Å². The fourth-order valence-corrected chi connectivity index (χ4v) is 6.82. The van der Waals surface area contributed by atoms with Crippen LogP contribution in [0, 0.1) is 0 Å². The van der Waals surface area contributed by atoms with Gasteiger partial charge in [0.2, 0.25) is 9.84 Å². The molecule has 6 nitrogen and oxygen atoms in total. The number of benzene rings is 2. The van der Waals surface area contributed by atoms with Gasteiger partial charge in [-0.25, -0.2) is 8.42 Å². The Hall–Kier alpha value is -2.09. The molecule has 0 radical (unpaired) electrons. The van der Waals surface area contributed by atoms with Gasteiger partial charge in [0.25, 0.3) is 0 Å². The van der Waals surface area contributed by atoms with Crippen LogP contribution in [-0.2, 0) is 9.84 Å². The molecule has 2 fully saturated rings. The van der Waals surface area contributed by atoms with Gasteiger partial charge in [-0.05, 0) is 101 Å². The minimum absolute atomic E-state index is 0.355. The van der Waals surface area contributed by atoms with Crippen molar-refractivity contribution in [2.75, 3.05) is 52.5 Å². The molecule has 3 aliphatic rings. The highest BCUT2D eigenvalue weighted by Crippen LogP contribution is 2.45. The zero-order chi connectivity index (χ0) is 22.7. The van der Waals surface area contributed by atoms with Crippen LogP contribution in [0.5, 0.6) is 11.5 Å². The molecule has 2 aromatic carbocycles. The number of hydrogen-bond donors (Lipinski definition) is 0. The van der Waals surface area contributed by atoms with Gasteiger partial charge in [-0.1, -0.05) is 0 Å². The SMILES string of the molecule is O=S1(=O)c2ccc(OCCCN3CCCC3)cc2-c2cc(OCCCN3CCCC3)ccc21. The summed E-state index contributed by atoms with van der Waals surface area (Å²) < 4.78 is 38.0. The fraction of sp³-hybridized carbons (Fsp3) is 0.538. The largest absolute Gasteiger partial charge is 0.494 e. The fourth-order valence-electron chi connectivity index (χ4n) is 5.17. The average molecular weight is 471 g/mol. The molecular weight excluding hydrogens is 436 g/mol. The predicted octanol–water partition coefficient (Wildman–Crippen LogP) is 4.23. The molecule has 0 bridgehead atoms. The van der Waals surface area contributed by atoms with E-state index in [1.54, 1.807) is 24.3 Å². The standard InChI is InChI=1S/C26H34N2O4S/c29-33(30)25-9-7-21(31-17-5-15-27-11-1-2-12-27)19-23(25)24-20-22(8-10-26(24)33)32-18-6-16-28-13-3-4-14-28/h7-10,19-20H,1-6,11-18H2. The number of likely N-dealkylation sites (tertiary alicyclic amines) is 2. The topological polar surface area (TPSA) is 59.1 Å². The molecule has 2 saturated heterocycles. The number of ether oxygens (including phenoxy) is 2. The Labute approximate surface area is 197 Å². The van der Waals surface area contributed by atoms with E-state index in [9.17, 15) is 8.42 Å². The summed E-state index contributed by atoms with van der Waals surface area (Å²) in [4.78, 5) is 5.66. The molecule has 5 rings (SSSR count). The number of sulfone groups is 1. The molecule has 2 aromatic rings. The van der Waals surface area contributed by atoms with E-state index in [0.717, 1.165) is 37.4 Å². The molecule has 0 N–H and O–H groups in total. The van der Waals surface area contributed by atoms with Crippen molar-refractivity contribution in [3.8, 4) is 22.6 Å². The maximum absolute atomic E-state index is 13.0. The average Bonchev–Trinajstić information content (AvgIpc) is 3.57. The summed E-state index contributed by atoms with van der Waals surface area (Å²) in [7, 11) is -3.50. The molecule has 0 spiro atoms. The lowest BCUT2D eigenvalue weighted by molar-refractivity contribution is 0.263. The summed E-state index contributed by atoms with van der Waals surface area (Å²) >= 11 is 0. The third-order valence-electron chi connectivity index (χ3n) is 6.94. The summed E-state index contributed by atoms with van der Waals surface area (Å²) in [5.41, 5.74) is 1.43. The lowest BCUT2D eigenvalue weighted by Gasteiger charge is -2.15. The first-order valence-electron chi connectivity index (χ1n) is 12.4. The van der Waals surface area contributed by atoms with Gasteiger partial charge in [0.15, 0.2) is 0 Å². The van der Waals surface area contributed by atoms with Crippen LogP contribution < -0.4 is 9.47 Å². The number of hydrogen-bond acceptors (Lipinski definition) is 6.